The number of carboxylic acids is 1. The van der Waals surface area contributed by atoms with Crippen molar-refractivity contribution in [2.45, 2.75) is 17.1 Å². The molecule has 2 rings (SSSR count). The van der Waals surface area contributed by atoms with Gasteiger partial charge in [-0.25, -0.2) is 4.79 Å². The Kier molecular flexibility index (Phi) is 7.65. The van der Waals surface area contributed by atoms with Crippen molar-refractivity contribution >= 4 is 40.9 Å². The van der Waals surface area contributed by atoms with E-state index in [2.05, 4.69) is 10.6 Å². The first-order chi connectivity index (χ1) is 13.4. The first-order valence-corrected chi connectivity index (χ1v) is 9.19. The Morgan fingerprint density at radius 1 is 1.04 bits per heavy atom. The number of rotatable bonds is 8. The summed E-state index contributed by atoms with van der Waals surface area (Å²) in [5.74, 6) is -1.21. The molecule has 2 aromatic rings. The van der Waals surface area contributed by atoms with Crippen LogP contribution in [0.25, 0.3) is 0 Å². The highest BCUT2D eigenvalue weighted by Gasteiger charge is 2.15. The highest BCUT2D eigenvalue weighted by atomic mass is 32.2. The Morgan fingerprint density at radius 3 is 2.39 bits per heavy atom. The molecule has 8 heteroatoms. The van der Waals surface area contributed by atoms with Gasteiger partial charge in [-0.1, -0.05) is 6.07 Å². The first kappa shape index (κ1) is 21.0. The number of nitrogens with one attached hydrogen (secondary N) is 2. The summed E-state index contributed by atoms with van der Waals surface area (Å²) in [5, 5.41) is 13.6. The lowest BCUT2D eigenvalue weighted by molar-refractivity contribution is -0.131. The van der Waals surface area contributed by atoms with E-state index in [0.29, 0.717) is 17.1 Å². The van der Waals surface area contributed by atoms with Crippen molar-refractivity contribution in [2.24, 2.45) is 0 Å². The zero-order chi connectivity index (χ0) is 20.5. The van der Waals surface area contributed by atoms with Crippen LogP contribution in [0.4, 0.5) is 11.4 Å². The van der Waals surface area contributed by atoms with Gasteiger partial charge in [-0.3, -0.25) is 9.59 Å². The summed E-state index contributed by atoms with van der Waals surface area (Å²) >= 11 is 1.37. The molecule has 0 aliphatic rings. The Morgan fingerprint density at radius 2 is 1.75 bits per heavy atom. The van der Waals surface area contributed by atoms with E-state index in [-0.39, 0.29) is 11.2 Å². The minimum atomic E-state index is -1.19. The summed E-state index contributed by atoms with van der Waals surface area (Å²) in [5.41, 5.74) is 1.18. The number of carbonyl (C=O) groups is 3. The Labute approximate surface area is 166 Å². The molecule has 0 bridgehead atoms. The Bertz CT molecular complexity index is 880. The monoisotopic (exact) mass is 400 g/mol. The minimum absolute atomic E-state index is 0.144. The molecule has 0 fully saturated rings. The van der Waals surface area contributed by atoms with Crippen molar-refractivity contribution < 1.29 is 24.2 Å². The number of thioether (sulfide) groups is 1. The van der Waals surface area contributed by atoms with Gasteiger partial charge in [0, 0.05) is 34.5 Å². The summed E-state index contributed by atoms with van der Waals surface area (Å²) in [4.78, 5) is 35.2. The molecule has 0 saturated carbocycles. The van der Waals surface area contributed by atoms with Gasteiger partial charge in [0.15, 0.2) is 0 Å². The van der Waals surface area contributed by atoms with Crippen LogP contribution in [-0.4, -0.2) is 35.2 Å². The summed E-state index contributed by atoms with van der Waals surface area (Å²) in [6, 6.07) is 14.0. The molecule has 0 saturated heterocycles. The fourth-order valence-electron chi connectivity index (χ4n) is 2.15. The molecule has 28 heavy (non-hydrogen) atoms. The van der Waals surface area contributed by atoms with Crippen molar-refractivity contribution in [2.75, 3.05) is 17.7 Å². The number of anilines is 2. The topological polar surface area (TPSA) is 105 Å². The third-order valence-electron chi connectivity index (χ3n) is 3.52. The van der Waals surface area contributed by atoms with Crippen LogP contribution < -0.4 is 15.4 Å². The number of aliphatic carboxylic acids is 1. The Hall–Kier alpha value is -3.26. The summed E-state index contributed by atoms with van der Waals surface area (Å²) in [6.45, 7) is 1.80. The van der Waals surface area contributed by atoms with E-state index in [1.807, 2.05) is 0 Å². The third kappa shape index (κ3) is 6.81. The highest BCUT2D eigenvalue weighted by Crippen LogP contribution is 2.26. The number of carbonyl (C=O) groups excluding carboxylic acids is 2. The molecule has 0 aliphatic heterocycles. The number of methoxy groups -OCH3 is 1. The van der Waals surface area contributed by atoms with E-state index >= 15 is 0 Å². The van der Waals surface area contributed by atoms with E-state index in [9.17, 15) is 14.4 Å². The predicted molar refractivity (Wildman–Crippen MR) is 109 cm³/mol. The van der Waals surface area contributed by atoms with Crippen molar-refractivity contribution in [1.82, 2.24) is 0 Å². The molecule has 146 valence electrons. The number of hydrogen-bond acceptors (Lipinski definition) is 5. The van der Waals surface area contributed by atoms with Gasteiger partial charge in [-0.15, -0.1) is 11.8 Å². The summed E-state index contributed by atoms with van der Waals surface area (Å²) < 4.78 is 5.14. The second kappa shape index (κ2) is 10.2. The van der Waals surface area contributed by atoms with Crippen molar-refractivity contribution in [3.63, 3.8) is 0 Å². The van der Waals surface area contributed by atoms with Crippen molar-refractivity contribution in [3.05, 3.63) is 60.7 Å². The molecule has 0 heterocycles. The van der Waals surface area contributed by atoms with E-state index in [1.165, 1.54) is 11.8 Å². The normalized spacial score (nSPS) is 11.6. The molecule has 0 radical (unpaired) electrons. The van der Waals surface area contributed by atoms with Crippen LogP contribution in [0, 0.1) is 0 Å². The standard InChI is InChI=1S/C20H20N2O5S/c1-13(20(26)22-15-4-3-5-16(12-15)27-2)28-17-8-6-14(7-9-17)21-18(23)10-11-19(24)25/h3-13H,1-2H3,(H,21,23)(H,22,26)(H,24,25)/b11-10+. The molecule has 0 spiro atoms. The molecule has 0 aliphatic carbocycles. The number of hydrogen-bond donors (Lipinski definition) is 3. The van der Waals surface area contributed by atoms with Gasteiger partial charge < -0.3 is 20.5 Å². The lowest BCUT2D eigenvalue weighted by Crippen LogP contribution is -2.22. The van der Waals surface area contributed by atoms with Crippen LogP contribution >= 0.6 is 11.8 Å². The second-order valence-corrected chi connectivity index (χ2v) is 7.08. The largest absolute Gasteiger partial charge is 0.497 e. The molecule has 1 unspecified atom stereocenters. The lowest BCUT2D eigenvalue weighted by Gasteiger charge is -2.13. The molecular weight excluding hydrogens is 380 g/mol. The number of benzene rings is 2. The molecule has 2 aromatic carbocycles. The van der Waals surface area contributed by atoms with Gasteiger partial charge in [0.1, 0.15) is 5.75 Å². The van der Waals surface area contributed by atoms with Crippen molar-refractivity contribution in [3.8, 4) is 5.75 Å². The SMILES string of the molecule is COc1cccc(NC(=O)C(C)Sc2ccc(NC(=O)/C=C/C(=O)O)cc2)c1. The highest BCUT2D eigenvalue weighted by molar-refractivity contribution is 8.00. The maximum absolute atomic E-state index is 12.4. The van der Waals surface area contributed by atoms with Gasteiger partial charge in [-0.2, -0.15) is 0 Å². The first-order valence-electron chi connectivity index (χ1n) is 8.31. The van der Waals surface area contributed by atoms with Crippen LogP contribution in [-0.2, 0) is 14.4 Å². The zero-order valence-corrected chi connectivity index (χ0v) is 16.2. The fraction of sp³-hybridized carbons (Fsp3) is 0.150. The maximum atomic E-state index is 12.4. The predicted octanol–water partition coefficient (Wildman–Crippen LogP) is 3.39. The van der Waals surface area contributed by atoms with Crippen LogP contribution in [0.2, 0.25) is 0 Å². The quantitative estimate of drug-likeness (QED) is 0.463. The van der Waals surface area contributed by atoms with E-state index in [4.69, 9.17) is 9.84 Å². The third-order valence-corrected chi connectivity index (χ3v) is 4.63. The van der Waals surface area contributed by atoms with E-state index < -0.39 is 11.9 Å². The number of ether oxygens (including phenoxy) is 1. The molecular formula is C20H20N2O5S. The molecule has 2 amide bonds. The van der Waals surface area contributed by atoms with Gasteiger partial charge >= 0.3 is 5.97 Å². The smallest absolute Gasteiger partial charge is 0.328 e. The fourth-order valence-corrected chi connectivity index (χ4v) is 3.02. The second-order valence-electron chi connectivity index (χ2n) is 5.67. The zero-order valence-electron chi connectivity index (χ0n) is 15.3. The van der Waals surface area contributed by atoms with Gasteiger partial charge in [-0.05, 0) is 43.3 Å². The van der Waals surface area contributed by atoms with Gasteiger partial charge in [0.2, 0.25) is 11.8 Å². The average molecular weight is 400 g/mol. The van der Waals surface area contributed by atoms with Crippen LogP contribution in [0.15, 0.2) is 65.6 Å². The van der Waals surface area contributed by atoms with E-state index in [1.54, 1.807) is 62.6 Å². The molecule has 7 nitrogen and oxygen atoms in total. The Balaban J connectivity index is 1.90. The van der Waals surface area contributed by atoms with Crippen molar-refractivity contribution in [1.29, 1.82) is 0 Å². The minimum Gasteiger partial charge on any atom is -0.497 e. The lowest BCUT2D eigenvalue weighted by atomic mass is 10.3. The van der Waals surface area contributed by atoms with Crippen LogP contribution in [0.1, 0.15) is 6.92 Å². The molecule has 3 N–H and O–H groups in total. The van der Waals surface area contributed by atoms with Crippen LogP contribution in [0.5, 0.6) is 5.75 Å². The van der Waals surface area contributed by atoms with Gasteiger partial charge in [0.05, 0.1) is 12.4 Å². The summed E-state index contributed by atoms with van der Waals surface area (Å²) in [6.07, 6.45) is 1.71. The molecule has 0 aromatic heterocycles. The maximum Gasteiger partial charge on any atom is 0.328 e. The number of amides is 2. The average Bonchev–Trinajstić information content (AvgIpc) is 2.68. The van der Waals surface area contributed by atoms with E-state index in [0.717, 1.165) is 17.0 Å². The van der Waals surface area contributed by atoms with Gasteiger partial charge in [0.25, 0.3) is 0 Å². The molecule has 1 atom stereocenters. The number of carboxylic acid groups (broad SMARTS) is 1. The summed E-state index contributed by atoms with van der Waals surface area (Å²) in [7, 11) is 1.56. The van der Waals surface area contributed by atoms with Crippen LogP contribution in [0.3, 0.4) is 0 Å².